The van der Waals surface area contributed by atoms with Gasteiger partial charge in [-0.15, -0.1) is 0 Å². The number of fused-ring (bicyclic) bond motifs is 1. The Morgan fingerprint density at radius 3 is 1.90 bits per heavy atom. The molecule has 0 amide bonds. The van der Waals surface area contributed by atoms with Crippen LogP contribution in [0.15, 0.2) is 24.4 Å². The fourth-order valence-electron chi connectivity index (χ4n) is 2.26. The maximum Gasteiger partial charge on any atom is 0.0932 e. The first-order valence-corrected chi connectivity index (χ1v) is 7.85. The zero-order valence-corrected chi connectivity index (χ0v) is 14.4. The fraction of sp³-hybridized carbons (Fsp3) is 0.556. The smallest absolute Gasteiger partial charge is 0.0932 e. The summed E-state index contributed by atoms with van der Waals surface area (Å²) in [7, 11) is 0. The van der Waals surface area contributed by atoms with Crippen molar-refractivity contribution in [3.05, 3.63) is 35.5 Å². The molecule has 20 heavy (non-hydrogen) atoms. The van der Waals surface area contributed by atoms with E-state index in [2.05, 4.69) is 56.1 Å². The molecule has 1 aromatic heterocycles. The van der Waals surface area contributed by atoms with Gasteiger partial charge in [0.2, 0.25) is 0 Å². The third kappa shape index (κ3) is 4.29. The van der Waals surface area contributed by atoms with Crippen LogP contribution in [0.5, 0.6) is 0 Å². The van der Waals surface area contributed by atoms with Gasteiger partial charge >= 0.3 is 0 Å². The van der Waals surface area contributed by atoms with Crippen molar-refractivity contribution in [3.8, 4) is 0 Å². The molecule has 0 saturated heterocycles. The molecule has 0 fully saturated rings. The van der Waals surface area contributed by atoms with Crippen molar-refractivity contribution in [2.75, 3.05) is 0 Å². The molecule has 0 saturated carbocycles. The fourth-order valence-corrected chi connectivity index (χ4v) is 2.26. The summed E-state index contributed by atoms with van der Waals surface area (Å²) in [6.07, 6.45) is 1.78. The van der Waals surface area contributed by atoms with Crippen molar-refractivity contribution in [2.24, 2.45) is 0 Å². The first-order chi connectivity index (χ1) is 9.61. The van der Waals surface area contributed by atoms with E-state index in [4.69, 9.17) is 0 Å². The largest absolute Gasteiger partial charge is 0.159 e. The minimum atomic E-state index is 0.519. The van der Waals surface area contributed by atoms with E-state index in [0.29, 0.717) is 11.8 Å². The SMILES string of the molecule is CC.CC.CC(C)c1ccc2nnccc2c1C(C)C. The van der Waals surface area contributed by atoms with Crippen molar-refractivity contribution >= 4 is 10.9 Å². The van der Waals surface area contributed by atoms with Gasteiger partial charge in [-0.05, 0) is 35.1 Å². The maximum atomic E-state index is 4.17. The normalized spacial score (nSPS) is 9.90. The average molecular weight is 274 g/mol. The van der Waals surface area contributed by atoms with Gasteiger partial charge in [0.1, 0.15) is 0 Å². The van der Waals surface area contributed by atoms with Gasteiger partial charge in [0, 0.05) is 5.39 Å². The van der Waals surface area contributed by atoms with Crippen LogP contribution in [0.2, 0.25) is 0 Å². The van der Waals surface area contributed by atoms with Crippen LogP contribution in [0.4, 0.5) is 0 Å². The van der Waals surface area contributed by atoms with Gasteiger partial charge < -0.3 is 0 Å². The van der Waals surface area contributed by atoms with Crippen molar-refractivity contribution < 1.29 is 0 Å². The predicted octanol–water partition coefficient (Wildman–Crippen LogP) is 5.93. The number of hydrogen-bond acceptors (Lipinski definition) is 2. The highest BCUT2D eigenvalue weighted by atomic mass is 15.1. The number of aromatic nitrogens is 2. The summed E-state index contributed by atoms with van der Waals surface area (Å²) in [6, 6.07) is 6.34. The van der Waals surface area contributed by atoms with E-state index in [-0.39, 0.29) is 0 Å². The molecule has 0 radical (unpaired) electrons. The lowest BCUT2D eigenvalue weighted by Crippen LogP contribution is -2.00. The summed E-state index contributed by atoms with van der Waals surface area (Å²) in [4.78, 5) is 0. The molecule has 0 aliphatic rings. The van der Waals surface area contributed by atoms with E-state index in [9.17, 15) is 0 Å². The average Bonchev–Trinajstić information content (AvgIpc) is 2.49. The summed E-state index contributed by atoms with van der Waals surface area (Å²) in [5, 5.41) is 9.36. The molecular weight excluding hydrogens is 244 g/mol. The van der Waals surface area contributed by atoms with E-state index < -0.39 is 0 Å². The first-order valence-electron chi connectivity index (χ1n) is 7.85. The molecule has 2 aromatic rings. The third-order valence-electron chi connectivity index (χ3n) is 2.97. The molecule has 0 aliphatic heterocycles. The molecule has 112 valence electrons. The van der Waals surface area contributed by atoms with Crippen molar-refractivity contribution in [2.45, 2.75) is 67.2 Å². The number of rotatable bonds is 2. The third-order valence-corrected chi connectivity index (χ3v) is 2.97. The predicted molar refractivity (Wildman–Crippen MR) is 90.4 cm³/mol. The minimum Gasteiger partial charge on any atom is -0.159 e. The van der Waals surface area contributed by atoms with Gasteiger partial charge in [0.15, 0.2) is 0 Å². The van der Waals surface area contributed by atoms with Crippen LogP contribution >= 0.6 is 0 Å². The molecule has 0 bridgehead atoms. The summed E-state index contributed by atoms with van der Waals surface area (Å²) in [6.45, 7) is 16.9. The van der Waals surface area contributed by atoms with Gasteiger partial charge in [-0.25, -0.2) is 0 Å². The Balaban J connectivity index is 0.000000829. The lowest BCUT2D eigenvalue weighted by Gasteiger charge is -2.17. The van der Waals surface area contributed by atoms with Crippen LogP contribution in [0.3, 0.4) is 0 Å². The van der Waals surface area contributed by atoms with Crippen molar-refractivity contribution in [1.29, 1.82) is 0 Å². The highest BCUT2D eigenvalue weighted by Crippen LogP contribution is 2.31. The molecule has 1 aromatic carbocycles. The van der Waals surface area contributed by atoms with E-state index in [1.54, 1.807) is 6.20 Å². The second kappa shape index (κ2) is 9.46. The van der Waals surface area contributed by atoms with Gasteiger partial charge in [0.05, 0.1) is 11.7 Å². The van der Waals surface area contributed by atoms with Crippen LogP contribution in [0, 0.1) is 0 Å². The molecule has 1 heterocycles. The van der Waals surface area contributed by atoms with Crippen LogP contribution in [-0.4, -0.2) is 10.2 Å². The van der Waals surface area contributed by atoms with Gasteiger partial charge in [-0.2, -0.15) is 10.2 Å². The Labute approximate surface area is 124 Å². The van der Waals surface area contributed by atoms with Crippen LogP contribution in [0.1, 0.15) is 78.4 Å². The molecule has 0 N–H and O–H groups in total. The Hall–Kier alpha value is -1.44. The standard InChI is InChI=1S/C14H18N2.2C2H6/c1-9(2)11-5-6-13-12(7-8-15-16-13)14(11)10(3)4;2*1-2/h5-10H,1-4H3;2*1-2H3. The summed E-state index contributed by atoms with van der Waals surface area (Å²) in [5.74, 6) is 1.07. The molecule has 0 aliphatic carbocycles. The van der Waals surface area contributed by atoms with Crippen molar-refractivity contribution in [1.82, 2.24) is 10.2 Å². The zero-order chi connectivity index (χ0) is 15.7. The number of nitrogens with zero attached hydrogens (tertiary/aromatic N) is 2. The molecule has 2 heteroatoms. The Kier molecular flexibility index (Phi) is 8.78. The molecular formula is C18H30N2. The highest BCUT2D eigenvalue weighted by Gasteiger charge is 2.13. The van der Waals surface area contributed by atoms with Gasteiger partial charge in [-0.3, -0.25) is 0 Å². The highest BCUT2D eigenvalue weighted by molar-refractivity contribution is 5.83. The molecule has 0 atom stereocenters. The lowest BCUT2D eigenvalue weighted by molar-refractivity contribution is 0.797. The number of benzene rings is 1. The zero-order valence-electron chi connectivity index (χ0n) is 14.4. The van der Waals surface area contributed by atoms with Crippen LogP contribution in [-0.2, 0) is 0 Å². The Morgan fingerprint density at radius 2 is 1.40 bits per heavy atom. The van der Waals surface area contributed by atoms with Gasteiger partial charge in [-0.1, -0.05) is 61.5 Å². The molecule has 0 spiro atoms. The Morgan fingerprint density at radius 1 is 0.800 bits per heavy atom. The van der Waals surface area contributed by atoms with Gasteiger partial charge in [0.25, 0.3) is 0 Å². The second-order valence-electron chi connectivity index (χ2n) is 4.84. The van der Waals surface area contributed by atoms with E-state index in [1.165, 1.54) is 16.5 Å². The maximum absolute atomic E-state index is 4.17. The van der Waals surface area contributed by atoms with E-state index in [0.717, 1.165) is 5.52 Å². The topological polar surface area (TPSA) is 25.8 Å². The van der Waals surface area contributed by atoms with Crippen LogP contribution in [0.25, 0.3) is 10.9 Å². The van der Waals surface area contributed by atoms with Crippen molar-refractivity contribution in [3.63, 3.8) is 0 Å². The van der Waals surface area contributed by atoms with E-state index >= 15 is 0 Å². The first kappa shape index (κ1) is 18.6. The quantitative estimate of drug-likeness (QED) is 0.678. The summed E-state index contributed by atoms with van der Waals surface area (Å²) in [5.41, 5.74) is 3.84. The summed E-state index contributed by atoms with van der Waals surface area (Å²) < 4.78 is 0. The monoisotopic (exact) mass is 274 g/mol. The lowest BCUT2D eigenvalue weighted by atomic mass is 9.88. The number of hydrogen-bond donors (Lipinski definition) is 0. The molecule has 2 rings (SSSR count). The van der Waals surface area contributed by atoms with Crippen LogP contribution < -0.4 is 0 Å². The molecule has 0 unspecified atom stereocenters. The molecule has 2 nitrogen and oxygen atoms in total. The summed E-state index contributed by atoms with van der Waals surface area (Å²) >= 11 is 0. The minimum absolute atomic E-state index is 0.519. The van der Waals surface area contributed by atoms with E-state index in [1.807, 2.05) is 27.7 Å². The second-order valence-corrected chi connectivity index (χ2v) is 4.84. The Bertz CT molecular complexity index is 502.